The van der Waals surface area contributed by atoms with Crippen molar-refractivity contribution < 1.29 is 0 Å². The average molecular weight is 301 g/mol. The molecule has 0 heterocycles. The molecule has 0 radical (unpaired) electrons. The third-order valence-corrected chi connectivity index (χ3v) is 3.61. The van der Waals surface area contributed by atoms with Crippen LogP contribution < -0.4 is 5.73 Å². The van der Waals surface area contributed by atoms with Crippen LogP contribution in [0.15, 0.2) is 36.4 Å². The molecule has 2 rings (SSSR count). The molecule has 0 saturated carbocycles. The van der Waals surface area contributed by atoms with Gasteiger partial charge in [-0.1, -0.05) is 53.0 Å². The summed E-state index contributed by atoms with van der Waals surface area (Å²) in [4.78, 5) is 0. The van der Waals surface area contributed by atoms with Crippen molar-refractivity contribution in [1.82, 2.24) is 0 Å². The van der Waals surface area contributed by atoms with Gasteiger partial charge in [-0.25, -0.2) is 0 Å². The molecule has 0 aromatic heterocycles. The lowest BCUT2D eigenvalue weighted by molar-refractivity contribution is 0.819. The maximum absolute atomic E-state index is 6.21. The zero-order valence-corrected chi connectivity index (χ0v) is 12.0. The van der Waals surface area contributed by atoms with E-state index in [1.54, 1.807) is 12.1 Å². The van der Waals surface area contributed by atoms with Crippen molar-refractivity contribution in [3.05, 3.63) is 57.0 Å². The Hall–Kier alpha value is -0.730. The Balaban J connectivity index is 2.49. The second-order valence-corrected chi connectivity index (χ2v) is 5.40. The molecule has 18 heavy (non-hydrogen) atoms. The molecule has 1 nitrogen and oxygen atoms in total. The molecule has 2 aromatic carbocycles. The summed E-state index contributed by atoms with van der Waals surface area (Å²) in [5.41, 5.74) is 8.60. The van der Waals surface area contributed by atoms with Gasteiger partial charge in [0, 0.05) is 26.7 Å². The molecule has 0 aliphatic rings. The molecule has 1 unspecified atom stereocenters. The van der Waals surface area contributed by atoms with E-state index in [1.807, 2.05) is 31.2 Å². The topological polar surface area (TPSA) is 26.0 Å². The fourth-order valence-electron chi connectivity index (χ4n) is 1.79. The maximum Gasteiger partial charge on any atom is 0.0499 e. The van der Waals surface area contributed by atoms with Crippen molar-refractivity contribution in [2.75, 3.05) is 0 Å². The number of hydrogen-bond acceptors (Lipinski definition) is 1. The van der Waals surface area contributed by atoms with Crippen LogP contribution in [0.1, 0.15) is 18.5 Å². The van der Waals surface area contributed by atoms with Crippen molar-refractivity contribution in [1.29, 1.82) is 0 Å². The van der Waals surface area contributed by atoms with Gasteiger partial charge >= 0.3 is 0 Å². The highest BCUT2D eigenvalue weighted by atomic mass is 35.5. The quantitative estimate of drug-likeness (QED) is 0.796. The molecule has 2 aromatic rings. The van der Waals surface area contributed by atoms with Crippen molar-refractivity contribution >= 4 is 34.8 Å². The van der Waals surface area contributed by atoms with Crippen LogP contribution in [0.5, 0.6) is 0 Å². The van der Waals surface area contributed by atoms with E-state index in [-0.39, 0.29) is 6.04 Å². The fraction of sp³-hybridized carbons (Fsp3) is 0.143. The predicted octanol–water partition coefficient (Wildman–Crippen LogP) is 5.33. The van der Waals surface area contributed by atoms with Gasteiger partial charge in [-0.15, -0.1) is 0 Å². The van der Waals surface area contributed by atoms with E-state index >= 15 is 0 Å². The number of benzene rings is 2. The summed E-state index contributed by atoms with van der Waals surface area (Å²) in [6.45, 7) is 1.90. The molecule has 0 aliphatic carbocycles. The molecule has 0 spiro atoms. The van der Waals surface area contributed by atoms with Gasteiger partial charge in [-0.2, -0.15) is 0 Å². The van der Waals surface area contributed by atoms with Gasteiger partial charge in [0.25, 0.3) is 0 Å². The first-order chi connectivity index (χ1) is 8.49. The van der Waals surface area contributed by atoms with Gasteiger partial charge in [-0.3, -0.25) is 0 Å². The average Bonchev–Trinajstić information content (AvgIpc) is 2.28. The minimum atomic E-state index is -0.0905. The fourth-order valence-corrected chi connectivity index (χ4v) is 2.66. The number of hydrogen-bond donors (Lipinski definition) is 1. The van der Waals surface area contributed by atoms with Gasteiger partial charge in [0.1, 0.15) is 0 Å². The first kappa shape index (κ1) is 13.7. The summed E-state index contributed by atoms with van der Waals surface area (Å²) in [6, 6.07) is 11.1. The van der Waals surface area contributed by atoms with E-state index in [9.17, 15) is 0 Å². The summed E-state index contributed by atoms with van der Waals surface area (Å²) in [5, 5.41) is 1.86. The lowest BCUT2D eigenvalue weighted by atomic mass is 10.0. The molecule has 94 valence electrons. The summed E-state index contributed by atoms with van der Waals surface area (Å²) in [6.07, 6.45) is 0. The van der Waals surface area contributed by atoms with Crippen molar-refractivity contribution in [2.45, 2.75) is 13.0 Å². The summed E-state index contributed by atoms with van der Waals surface area (Å²) in [7, 11) is 0. The predicted molar refractivity (Wildman–Crippen MR) is 79.5 cm³/mol. The maximum atomic E-state index is 6.21. The Bertz CT molecular complexity index is 579. The molecule has 0 amide bonds. The minimum absolute atomic E-state index is 0.0905. The van der Waals surface area contributed by atoms with Crippen LogP contribution in [0, 0.1) is 0 Å². The van der Waals surface area contributed by atoms with E-state index in [0.29, 0.717) is 15.1 Å². The minimum Gasteiger partial charge on any atom is -0.324 e. The third-order valence-electron chi connectivity index (χ3n) is 2.73. The Kier molecular flexibility index (Phi) is 4.18. The Morgan fingerprint density at radius 1 is 0.944 bits per heavy atom. The highest BCUT2D eigenvalue weighted by Crippen LogP contribution is 2.33. The number of halogens is 3. The second-order valence-electron chi connectivity index (χ2n) is 4.15. The van der Waals surface area contributed by atoms with Gasteiger partial charge in [-0.05, 0) is 36.2 Å². The SMILES string of the molecule is CC(N)c1ccc(-c2ccc(Cl)cc2Cl)cc1Cl. The van der Waals surface area contributed by atoms with Crippen LogP contribution in [0.2, 0.25) is 15.1 Å². The van der Waals surface area contributed by atoms with Gasteiger partial charge in [0.05, 0.1) is 0 Å². The molecule has 2 N–H and O–H groups in total. The lowest BCUT2D eigenvalue weighted by Crippen LogP contribution is -2.05. The zero-order valence-electron chi connectivity index (χ0n) is 9.75. The van der Waals surface area contributed by atoms with Gasteiger partial charge < -0.3 is 5.73 Å². The number of nitrogens with two attached hydrogens (primary N) is 1. The van der Waals surface area contributed by atoms with Crippen LogP contribution in [0.25, 0.3) is 11.1 Å². The van der Waals surface area contributed by atoms with Crippen LogP contribution in [0.3, 0.4) is 0 Å². The van der Waals surface area contributed by atoms with Crippen molar-refractivity contribution in [3.8, 4) is 11.1 Å². The molecule has 0 aliphatic heterocycles. The number of rotatable bonds is 2. The van der Waals surface area contributed by atoms with E-state index in [4.69, 9.17) is 40.5 Å². The zero-order chi connectivity index (χ0) is 13.3. The molecule has 0 saturated heterocycles. The van der Waals surface area contributed by atoms with Crippen molar-refractivity contribution in [2.24, 2.45) is 5.73 Å². The smallest absolute Gasteiger partial charge is 0.0499 e. The van der Waals surface area contributed by atoms with Crippen LogP contribution in [-0.4, -0.2) is 0 Å². The standard InChI is InChI=1S/C14H12Cl3N/c1-8(18)11-4-2-9(6-13(11)16)12-5-3-10(15)7-14(12)17/h2-8H,18H2,1H3. The Labute approximate surface area is 121 Å². The highest BCUT2D eigenvalue weighted by molar-refractivity contribution is 6.36. The van der Waals surface area contributed by atoms with Gasteiger partial charge in [0.15, 0.2) is 0 Å². The normalized spacial score (nSPS) is 12.5. The first-order valence-electron chi connectivity index (χ1n) is 5.49. The molecular weight excluding hydrogens is 289 g/mol. The van der Waals surface area contributed by atoms with Gasteiger partial charge in [0.2, 0.25) is 0 Å². The third kappa shape index (κ3) is 2.81. The largest absolute Gasteiger partial charge is 0.324 e. The van der Waals surface area contributed by atoms with E-state index in [0.717, 1.165) is 16.7 Å². The lowest BCUT2D eigenvalue weighted by Gasteiger charge is -2.11. The Morgan fingerprint density at radius 3 is 2.22 bits per heavy atom. The Morgan fingerprint density at radius 2 is 1.67 bits per heavy atom. The highest BCUT2D eigenvalue weighted by Gasteiger charge is 2.09. The molecule has 1 atom stereocenters. The summed E-state index contributed by atoms with van der Waals surface area (Å²) in [5.74, 6) is 0. The van der Waals surface area contributed by atoms with E-state index in [2.05, 4.69) is 0 Å². The first-order valence-corrected chi connectivity index (χ1v) is 6.63. The molecule has 4 heteroatoms. The molecular formula is C14H12Cl3N. The molecule has 0 fully saturated rings. The monoisotopic (exact) mass is 299 g/mol. The second kappa shape index (κ2) is 5.50. The van der Waals surface area contributed by atoms with Crippen LogP contribution in [0.4, 0.5) is 0 Å². The van der Waals surface area contributed by atoms with Crippen molar-refractivity contribution in [3.63, 3.8) is 0 Å². The summed E-state index contributed by atoms with van der Waals surface area (Å²) >= 11 is 18.3. The molecule has 0 bridgehead atoms. The summed E-state index contributed by atoms with van der Waals surface area (Å²) < 4.78 is 0. The van der Waals surface area contributed by atoms with Crippen LogP contribution in [-0.2, 0) is 0 Å². The van der Waals surface area contributed by atoms with E-state index < -0.39 is 0 Å². The van der Waals surface area contributed by atoms with Crippen LogP contribution >= 0.6 is 34.8 Å². The van der Waals surface area contributed by atoms with E-state index in [1.165, 1.54) is 0 Å².